The largest absolute Gasteiger partial charge is 0.497 e. The van der Waals surface area contributed by atoms with Crippen LogP contribution in [0, 0.1) is 0 Å². The molecule has 0 aliphatic heterocycles. The molecule has 7 heteroatoms. The lowest BCUT2D eigenvalue weighted by Crippen LogP contribution is -2.08. The molecule has 0 spiro atoms. The summed E-state index contributed by atoms with van der Waals surface area (Å²) in [6, 6.07) is 10.7. The van der Waals surface area contributed by atoms with Crippen LogP contribution >= 0.6 is 11.6 Å². The lowest BCUT2D eigenvalue weighted by Gasteiger charge is -2.02. The van der Waals surface area contributed by atoms with E-state index in [1.807, 2.05) is 24.3 Å². The number of carbonyl (C=O) groups excluding carboxylic acids is 1. The van der Waals surface area contributed by atoms with Gasteiger partial charge in [0.05, 0.1) is 19.4 Å². The number of rotatable bonds is 4. The second kappa shape index (κ2) is 6.26. The SMILES string of the molecule is CCOC(=O)c1cc(Cl)n2nc(-c3ccc(OC)cc3)cc2n1. The van der Waals surface area contributed by atoms with Crippen molar-refractivity contribution in [2.45, 2.75) is 6.92 Å². The number of halogens is 1. The van der Waals surface area contributed by atoms with Gasteiger partial charge in [-0.05, 0) is 31.2 Å². The smallest absolute Gasteiger partial charge is 0.357 e. The summed E-state index contributed by atoms with van der Waals surface area (Å²) in [7, 11) is 1.61. The number of fused-ring (bicyclic) bond motifs is 1. The molecule has 1 aromatic carbocycles. The number of esters is 1. The van der Waals surface area contributed by atoms with Crippen molar-refractivity contribution in [3.63, 3.8) is 0 Å². The van der Waals surface area contributed by atoms with Gasteiger partial charge in [0.1, 0.15) is 10.9 Å². The van der Waals surface area contributed by atoms with Crippen molar-refractivity contribution in [2.24, 2.45) is 0 Å². The summed E-state index contributed by atoms with van der Waals surface area (Å²) in [5.74, 6) is 0.252. The van der Waals surface area contributed by atoms with Gasteiger partial charge in [0.25, 0.3) is 0 Å². The Morgan fingerprint density at radius 3 is 2.65 bits per heavy atom. The molecule has 0 bridgehead atoms. The van der Waals surface area contributed by atoms with Crippen molar-refractivity contribution in [1.29, 1.82) is 0 Å². The van der Waals surface area contributed by atoms with Crippen LogP contribution in [0.5, 0.6) is 5.75 Å². The van der Waals surface area contributed by atoms with Gasteiger partial charge in [0.15, 0.2) is 11.3 Å². The number of nitrogens with zero attached hydrogens (tertiary/aromatic N) is 3. The predicted molar refractivity (Wildman–Crippen MR) is 85.9 cm³/mol. The molecule has 2 heterocycles. The molecule has 0 N–H and O–H groups in total. The van der Waals surface area contributed by atoms with E-state index in [2.05, 4.69) is 10.1 Å². The number of methoxy groups -OCH3 is 1. The normalized spacial score (nSPS) is 10.7. The van der Waals surface area contributed by atoms with Crippen LogP contribution in [0.4, 0.5) is 0 Å². The molecule has 0 saturated heterocycles. The summed E-state index contributed by atoms with van der Waals surface area (Å²) >= 11 is 6.19. The quantitative estimate of drug-likeness (QED) is 0.542. The molecular weight excluding hydrogens is 318 g/mol. The molecule has 0 amide bonds. The molecule has 3 rings (SSSR count). The fraction of sp³-hybridized carbons (Fsp3) is 0.188. The molecule has 0 aliphatic carbocycles. The van der Waals surface area contributed by atoms with Gasteiger partial charge in [0, 0.05) is 17.7 Å². The van der Waals surface area contributed by atoms with Gasteiger partial charge < -0.3 is 9.47 Å². The summed E-state index contributed by atoms with van der Waals surface area (Å²) in [6.07, 6.45) is 0. The lowest BCUT2D eigenvalue weighted by atomic mass is 10.1. The maximum absolute atomic E-state index is 11.8. The second-order valence-electron chi connectivity index (χ2n) is 4.71. The van der Waals surface area contributed by atoms with E-state index in [0.29, 0.717) is 11.3 Å². The zero-order valence-corrected chi connectivity index (χ0v) is 13.4. The number of ether oxygens (including phenoxy) is 2. The zero-order valence-electron chi connectivity index (χ0n) is 12.6. The standard InChI is InChI=1S/C16H14ClN3O3/c1-3-23-16(21)13-8-14(17)20-15(18-13)9-12(19-20)10-4-6-11(22-2)7-5-10/h4-9H,3H2,1-2H3. The highest BCUT2D eigenvalue weighted by Gasteiger charge is 2.14. The third-order valence-electron chi connectivity index (χ3n) is 3.25. The predicted octanol–water partition coefficient (Wildman–Crippen LogP) is 3.24. The van der Waals surface area contributed by atoms with Crippen LogP contribution < -0.4 is 4.74 Å². The Balaban J connectivity index is 2.03. The summed E-state index contributed by atoms with van der Waals surface area (Å²) < 4.78 is 11.6. The van der Waals surface area contributed by atoms with Crippen molar-refractivity contribution in [1.82, 2.24) is 14.6 Å². The van der Waals surface area contributed by atoms with Crippen LogP contribution in [0.1, 0.15) is 17.4 Å². The zero-order chi connectivity index (χ0) is 16.4. The second-order valence-corrected chi connectivity index (χ2v) is 5.10. The number of aromatic nitrogens is 3. The van der Waals surface area contributed by atoms with Crippen molar-refractivity contribution in [3.8, 4) is 17.0 Å². The Labute approximate surface area is 137 Å². The van der Waals surface area contributed by atoms with Gasteiger partial charge in [-0.15, -0.1) is 0 Å². The summed E-state index contributed by atoms with van der Waals surface area (Å²) in [5, 5.41) is 4.70. The van der Waals surface area contributed by atoms with Gasteiger partial charge in [-0.2, -0.15) is 5.10 Å². The van der Waals surface area contributed by atoms with Gasteiger partial charge in [-0.25, -0.2) is 14.3 Å². The third kappa shape index (κ3) is 2.98. The van der Waals surface area contributed by atoms with Gasteiger partial charge in [-0.3, -0.25) is 0 Å². The van der Waals surface area contributed by atoms with Crippen molar-refractivity contribution < 1.29 is 14.3 Å². The molecule has 0 aliphatic rings. The minimum atomic E-state index is -0.510. The van der Waals surface area contributed by atoms with Crippen LogP contribution in [0.3, 0.4) is 0 Å². The maximum Gasteiger partial charge on any atom is 0.357 e. The Bertz CT molecular complexity index is 859. The molecule has 2 aromatic heterocycles. The molecule has 118 valence electrons. The fourth-order valence-corrected chi connectivity index (χ4v) is 2.38. The molecule has 0 radical (unpaired) electrons. The van der Waals surface area contributed by atoms with E-state index >= 15 is 0 Å². The van der Waals surface area contributed by atoms with Gasteiger partial charge in [0.2, 0.25) is 0 Å². The van der Waals surface area contributed by atoms with Crippen molar-refractivity contribution in [3.05, 3.63) is 47.2 Å². The van der Waals surface area contributed by atoms with E-state index in [-0.39, 0.29) is 17.5 Å². The molecule has 6 nitrogen and oxygen atoms in total. The van der Waals surface area contributed by atoms with Gasteiger partial charge in [-0.1, -0.05) is 11.6 Å². The molecule has 0 saturated carbocycles. The van der Waals surface area contributed by atoms with Crippen LogP contribution in [-0.2, 0) is 4.74 Å². The van der Waals surface area contributed by atoms with Crippen molar-refractivity contribution in [2.75, 3.05) is 13.7 Å². The molecule has 23 heavy (non-hydrogen) atoms. The van der Waals surface area contributed by atoms with E-state index in [0.717, 1.165) is 11.3 Å². The lowest BCUT2D eigenvalue weighted by molar-refractivity contribution is 0.0519. The van der Waals surface area contributed by atoms with Crippen LogP contribution in [0.2, 0.25) is 5.15 Å². The summed E-state index contributed by atoms with van der Waals surface area (Å²) in [5.41, 5.74) is 2.23. The number of hydrogen-bond donors (Lipinski definition) is 0. The molecule has 3 aromatic rings. The molecule has 0 fully saturated rings. The maximum atomic E-state index is 11.8. The first kappa shape index (κ1) is 15.3. The Morgan fingerprint density at radius 2 is 2.00 bits per heavy atom. The molecule has 0 atom stereocenters. The highest BCUT2D eigenvalue weighted by atomic mass is 35.5. The van der Waals surface area contributed by atoms with Crippen LogP contribution in [-0.4, -0.2) is 34.3 Å². The monoisotopic (exact) mass is 331 g/mol. The highest BCUT2D eigenvalue weighted by Crippen LogP contribution is 2.24. The van der Waals surface area contributed by atoms with Crippen molar-refractivity contribution >= 4 is 23.2 Å². The van der Waals surface area contributed by atoms with E-state index in [1.165, 1.54) is 10.6 Å². The Hall–Kier alpha value is -2.60. The van der Waals surface area contributed by atoms with E-state index < -0.39 is 5.97 Å². The summed E-state index contributed by atoms with van der Waals surface area (Å²) in [6.45, 7) is 2.01. The Kier molecular flexibility index (Phi) is 4.16. The van der Waals surface area contributed by atoms with E-state index in [1.54, 1.807) is 20.1 Å². The first-order chi connectivity index (χ1) is 11.1. The first-order valence-electron chi connectivity index (χ1n) is 7.00. The third-order valence-corrected chi connectivity index (χ3v) is 3.52. The molecule has 0 unspecified atom stereocenters. The van der Waals surface area contributed by atoms with Crippen LogP contribution in [0.25, 0.3) is 16.9 Å². The van der Waals surface area contributed by atoms with E-state index in [9.17, 15) is 4.79 Å². The minimum Gasteiger partial charge on any atom is -0.497 e. The average molecular weight is 332 g/mol. The first-order valence-corrected chi connectivity index (χ1v) is 7.38. The Morgan fingerprint density at radius 1 is 1.26 bits per heavy atom. The fourth-order valence-electron chi connectivity index (χ4n) is 2.15. The highest BCUT2D eigenvalue weighted by molar-refractivity contribution is 6.30. The molecular formula is C16H14ClN3O3. The van der Waals surface area contributed by atoms with Crippen LogP contribution in [0.15, 0.2) is 36.4 Å². The minimum absolute atomic E-state index is 0.158. The van der Waals surface area contributed by atoms with Gasteiger partial charge >= 0.3 is 5.97 Å². The summed E-state index contributed by atoms with van der Waals surface area (Å²) in [4.78, 5) is 16.1. The number of benzene rings is 1. The van der Waals surface area contributed by atoms with E-state index in [4.69, 9.17) is 21.1 Å². The average Bonchev–Trinajstić information content (AvgIpc) is 3.00. The number of carbonyl (C=O) groups is 1. The number of hydrogen-bond acceptors (Lipinski definition) is 5. The topological polar surface area (TPSA) is 65.7 Å².